The maximum atomic E-state index is 5.71. The van der Waals surface area contributed by atoms with Gasteiger partial charge in [0, 0.05) is 5.41 Å². The summed E-state index contributed by atoms with van der Waals surface area (Å²) < 4.78 is 5.15. The zero-order chi connectivity index (χ0) is 11.8. The van der Waals surface area contributed by atoms with Crippen molar-refractivity contribution in [3.8, 4) is 5.75 Å². The second-order valence-corrected chi connectivity index (χ2v) is 5.60. The molecule has 2 N–H and O–H groups in total. The zero-order valence-electron chi connectivity index (χ0n) is 9.16. The van der Waals surface area contributed by atoms with Crippen molar-refractivity contribution in [3.63, 3.8) is 0 Å². The summed E-state index contributed by atoms with van der Waals surface area (Å²) in [6, 6.07) is 8.04. The first kappa shape index (κ1) is 10.9. The van der Waals surface area contributed by atoms with Gasteiger partial charge in [-0.3, -0.25) is 0 Å². The summed E-state index contributed by atoms with van der Waals surface area (Å²) in [5.41, 5.74) is 6.91. The number of nitrogens with two attached hydrogens (primary N) is 1. The van der Waals surface area contributed by atoms with Gasteiger partial charge in [0.25, 0.3) is 0 Å². The van der Waals surface area contributed by atoms with E-state index in [1.54, 1.807) is 18.9 Å². The quantitative estimate of drug-likeness (QED) is 0.890. The van der Waals surface area contributed by atoms with Crippen LogP contribution in [0.3, 0.4) is 0 Å². The molecule has 0 saturated carbocycles. The molecular formula is C11H11N3OS2. The van der Waals surface area contributed by atoms with Crippen LogP contribution < -0.4 is 10.5 Å². The number of hydrazone groups is 1. The standard InChI is InChI=1S/C11H11N3OS2/c1-15-8-4-2-7(3-5-8)10-14-9(6-16-10)17-11(12)13-14/h2-6,10H,1H3,(H2,12,13). The summed E-state index contributed by atoms with van der Waals surface area (Å²) in [6.45, 7) is 0. The molecule has 2 heterocycles. The van der Waals surface area contributed by atoms with Crippen LogP contribution in [0.5, 0.6) is 5.75 Å². The molecule has 17 heavy (non-hydrogen) atoms. The van der Waals surface area contributed by atoms with Gasteiger partial charge in [-0.25, -0.2) is 5.01 Å². The minimum Gasteiger partial charge on any atom is -0.497 e. The van der Waals surface area contributed by atoms with Crippen LogP contribution >= 0.6 is 23.5 Å². The average molecular weight is 265 g/mol. The lowest BCUT2D eigenvalue weighted by Crippen LogP contribution is -2.13. The Bertz CT molecular complexity index is 498. The monoisotopic (exact) mass is 265 g/mol. The first-order valence-electron chi connectivity index (χ1n) is 5.08. The maximum absolute atomic E-state index is 5.71. The molecule has 0 saturated heterocycles. The van der Waals surface area contributed by atoms with Crippen molar-refractivity contribution >= 4 is 28.7 Å². The van der Waals surface area contributed by atoms with E-state index in [4.69, 9.17) is 10.5 Å². The smallest absolute Gasteiger partial charge is 0.184 e. The Morgan fingerprint density at radius 3 is 2.82 bits per heavy atom. The van der Waals surface area contributed by atoms with Crippen molar-refractivity contribution in [2.45, 2.75) is 5.37 Å². The van der Waals surface area contributed by atoms with E-state index in [9.17, 15) is 0 Å². The van der Waals surface area contributed by atoms with Crippen molar-refractivity contribution < 1.29 is 4.74 Å². The molecule has 2 aliphatic heterocycles. The Labute approximate surface area is 108 Å². The highest BCUT2D eigenvalue weighted by atomic mass is 32.2. The molecule has 88 valence electrons. The van der Waals surface area contributed by atoms with Gasteiger partial charge in [0.1, 0.15) is 16.2 Å². The summed E-state index contributed by atoms with van der Waals surface area (Å²) in [6.07, 6.45) is 0. The summed E-state index contributed by atoms with van der Waals surface area (Å²) in [4.78, 5) is 0. The molecule has 0 aromatic heterocycles. The molecule has 1 unspecified atom stereocenters. The van der Waals surface area contributed by atoms with Crippen LogP contribution in [-0.2, 0) is 0 Å². The fraction of sp³-hybridized carbons (Fsp3) is 0.182. The third-order valence-electron chi connectivity index (χ3n) is 2.56. The normalized spacial score (nSPS) is 22.2. The van der Waals surface area contributed by atoms with Gasteiger partial charge in [-0.2, -0.15) is 0 Å². The summed E-state index contributed by atoms with van der Waals surface area (Å²) >= 11 is 3.25. The molecule has 0 aliphatic carbocycles. The molecule has 1 aromatic carbocycles. The van der Waals surface area contributed by atoms with E-state index in [0.29, 0.717) is 5.17 Å². The number of benzene rings is 1. The maximum Gasteiger partial charge on any atom is 0.184 e. The van der Waals surface area contributed by atoms with E-state index < -0.39 is 0 Å². The van der Waals surface area contributed by atoms with Gasteiger partial charge < -0.3 is 10.5 Å². The number of fused-ring (bicyclic) bond motifs is 1. The second-order valence-electron chi connectivity index (χ2n) is 3.60. The van der Waals surface area contributed by atoms with Gasteiger partial charge in [0.2, 0.25) is 0 Å². The molecule has 1 aromatic rings. The molecule has 0 bridgehead atoms. The molecule has 6 heteroatoms. The first-order chi connectivity index (χ1) is 8.28. The Hall–Kier alpha value is -1.27. The Morgan fingerprint density at radius 1 is 1.35 bits per heavy atom. The Morgan fingerprint density at radius 2 is 2.12 bits per heavy atom. The third kappa shape index (κ3) is 1.87. The van der Waals surface area contributed by atoms with Gasteiger partial charge in [-0.05, 0) is 29.5 Å². The van der Waals surface area contributed by atoms with E-state index in [0.717, 1.165) is 10.8 Å². The fourth-order valence-electron chi connectivity index (χ4n) is 1.74. The third-order valence-corrected chi connectivity index (χ3v) is 4.61. The SMILES string of the molecule is COc1ccc(C2SC=C3SC(N)=NN32)cc1. The highest BCUT2D eigenvalue weighted by molar-refractivity contribution is 8.18. The van der Waals surface area contributed by atoms with E-state index in [-0.39, 0.29) is 5.37 Å². The highest BCUT2D eigenvalue weighted by Gasteiger charge is 2.33. The lowest BCUT2D eigenvalue weighted by atomic mass is 10.2. The number of ether oxygens (including phenoxy) is 1. The van der Waals surface area contributed by atoms with E-state index in [1.165, 1.54) is 17.3 Å². The topological polar surface area (TPSA) is 50.9 Å². The van der Waals surface area contributed by atoms with E-state index in [2.05, 4.69) is 22.6 Å². The first-order valence-corrected chi connectivity index (χ1v) is 6.84. The largest absolute Gasteiger partial charge is 0.497 e. The van der Waals surface area contributed by atoms with Crippen LogP contribution in [0.15, 0.2) is 39.8 Å². The zero-order valence-corrected chi connectivity index (χ0v) is 10.8. The number of hydrogen-bond donors (Lipinski definition) is 1. The van der Waals surface area contributed by atoms with Gasteiger partial charge >= 0.3 is 0 Å². The summed E-state index contributed by atoms with van der Waals surface area (Å²) in [5, 5.41) is 10.3. The summed E-state index contributed by atoms with van der Waals surface area (Å²) in [5.74, 6) is 0.865. The molecular weight excluding hydrogens is 254 g/mol. The number of amidine groups is 1. The van der Waals surface area contributed by atoms with E-state index in [1.807, 2.05) is 17.1 Å². The van der Waals surface area contributed by atoms with Crippen molar-refractivity contribution in [1.29, 1.82) is 0 Å². The molecule has 0 amide bonds. The Kier molecular flexibility index (Phi) is 2.68. The van der Waals surface area contributed by atoms with Gasteiger partial charge in [-0.15, -0.1) is 5.10 Å². The number of nitrogens with zero attached hydrogens (tertiary/aromatic N) is 2. The van der Waals surface area contributed by atoms with Crippen LogP contribution in [-0.4, -0.2) is 17.3 Å². The predicted molar refractivity (Wildman–Crippen MR) is 72.5 cm³/mol. The molecule has 2 aliphatic rings. The van der Waals surface area contributed by atoms with Crippen molar-refractivity contribution in [1.82, 2.24) is 5.01 Å². The lowest BCUT2D eigenvalue weighted by molar-refractivity contribution is 0.385. The number of rotatable bonds is 2. The minimum atomic E-state index is 0.185. The highest BCUT2D eigenvalue weighted by Crippen LogP contribution is 2.49. The van der Waals surface area contributed by atoms with E-state index >= 15 is 0 Å². The van der Waals surface area contributed by atoms with Gasteiger partial charge in [0.05, 0.1) is 7.11 Å². The number of hydrogen-bond acceptors (Lipinski definition) is 6. The van der Waals surface area contributed by atoms with Crippen molar-refractivity contribution in [2.24, 2.45) is 10.8 Å². The van der Waals surface area contributed by atoms with Crippen molar-refractivity contribution in [3.05, 3.63) is 40.3 Å². The van der Waals surface area contributed by atoms with Crippen LogP contribution in [0, 0.1) is 0 Å². The van der Waals surface area contributed by atoms with Gasteiger partial charge in [0.15, 0.2) is 5.17 Å². The number of methoxy groups -OCH3 is 1. The van der Waals surface area contributed by atoms with Crippen LogP contribution in [0.4, 0.5) is 0 Å². The predicted octanol–water partition coefficient (Wildman–Crippen LogP) is 2.52. The molecule has 0 spiro atoms. The minimum absolute atomic E-state index is 0.185. The summed E-state index contributed by atoms with van der Waals surface area (Å²) in [7, 11) is 1.67. The molecule has 4 nitrogen and oxygen atoms in total. The second kappa shape index (κ2) is 4.19. The average Bonchev–Trinajstić information content (AvgIpc) is 2.88. The molecule has 1 atom stereocenters. The van der Waals surface area contributed by atoms with Crippen molar-refractivity contribution in [2.75, 3.05) is 7.11 Å². The fourth-order valence-corrected chi connectivity index (χ4v) is 3.70. The number of thioether (sulfide) groups is 2. The van der Waals surface area contributed by atoms with Crippen LogP contribution in [0.25, 0.3) is 0 Å². The molecule has 0 fully saturated rings. The lowest BCUT2D eigenvalue weighted by Gasteiger charge is -2.19. The van der Waals surface area contributed by atoms with Gasteiger partial charge in [-0.1, -0.05) is 23.9 Å². The van der Waals surface area contributed by atoms with Crippen LogP contribution in [0.1, 0.15) is 10.9 Å². The molecule has 0 radical (unpaired) electrons. The Balaban J connectivity index is 1.85. The van der Waals surface area contributed by atoms with Crippen LogP contribution in [0.2, 0.25) is 0 Å². The molecule has 3 rings (SSSR count).